The van der Waals surface area contributed by atoms with Crippen molar-refractivity contribution in [3.8, 4) is 0 Å². The van der Waals surface area contributed by atoms with Crippen molar-refractivity contribution < 1.29 is 9.59 Å². The van der Waals surface area contributed by atoms with Gasteiger partial charge < -0.3 is 4.79 Å². The SMILES string of the molecule is O=CCC(=O)c1nccc2ccccc12. The van der Waals surface area contributed by atoms with Crippen LogP contribution < -0.4 is 0 Å². The van der Waals surface area contributed by atoms with Crippen molar-refractivity contribution in [2.24, 2.45) is 0 Å². The standard InChI is InChI=1S/C12H9NO2/c14-8-6-11(15)12-10-4-2-1-3-9(10)5-7-13-12/h1-5,7-8H,6H2. The molecule has 0 amide bonds. The minimum absolute atomic E-state index is 0.110. The van der Waals surface area contributed by atoms with Crippen LogP contribution in [-0.2, 0) is 4.79 Å². The molecule has 0 saturated carbocycles. The van der Waals surface area contributed by atoms with Crippen molar-refractivity contribution in [3.05, 3.63) is 42.2 Å². The number of carbonyl (C=O) groups excluding carboxylic acids is 2. The third-order valence-corrected chi connectivity index (χ3v) is 2.21. The number of pyridine rings is 1. The Hall–Kier alpha value is -2.03. The highest BCUT2D eigenvalue weighted by atomic mass is 16.1. The summed E-state index contributed by atoms with van der Waals surface area (Å²) in [4.78, 5) is 25.9. The van der Waals surface area contributed by atoms with Gasteiger partial charge in [0.25, 0.3) is 0 Å². The highest BCUT2D eigenvalue weighted by Gasteiger charge is 2.09. The van der Waals surface area contributed by atoms with Gasteiger partial charge in [-0.3, -0.25) is 9.78 Å². The van der Waals surface area contributed by atoms with Crippen LogP contribution in [0.2, 0.25) is 0 Å². The quantitative estimate of drug-likeness (QED) is 0.431. The Bertz CT molecular complexity index is 515. The lowest BCUT2D eigenvalue weighted by Gasteiger charge is -2.01. The fraction of sp³-hybridized carbons (Fsp3) is 0.0833. The summed E-state index contributed by atoms with van der Waals surface area (Å²) in [7, 11) is 0. The van der Waals surface area contributed by atoms with Gasteiger partial charge in [0.1, 0.15) is 12.0 Å². The lowest BCUT2D eigenvalue weighted by molar-refractivity contribution is -0.107. The summed E-state index contributed by atoms with van der Waals surface area (Å²) < 4.78 is 0. The Labute approximate surface area is 86.8 Å². The fourth-order valence-corrected chi connectivity index (χ4v) is 1.51. The van der Waals surface area contributed by atoms with Crippen molar-refractivity contribution >= 4 is 22.8 Å². The molecule has 0 radical (unpaired) electrons. The fourth-order valence-electron chi connectivity index (χ4n) is 1.51. The van der Waals surface area contributed by atoms with Crippen LogP contribution in [0.25, 0.3) is 10.8 Å². The maximum atomic E-state index is 11.6. The number of Topliss-reactive ketones (excluding diaryl/α,β-unsaturated/α-hetero) is 1. The van der Waals surface area contributed by atoms with Crippen LogP contribution in [0.5, 0.6) is 0 Å². The lowest BCUT2D eigenvalue weighted by Crippen LogP contribution is -2.03. The van der Waals surface area contributed by atoms with Gasteiger partial charge in [0, 0.05) is 11.6 Å². The van der Waals surface area contributed by atoms with E-state index in [9.17, 15) is 9.59 Å². The number of hydrogen-bond donors (Lipinski definition) is 0. The zero-order valence-electron chi connectivity index (χ0n) is 8.01. The van der Waals surface area contributed by atoms with Crippen molar-refractivity contribution in [3.63, 3.8) is 0 Å². The van der Waals surface area contributed by atoms with E-state index in [1.165, 1.54) is 0 Å². The molecule has 15 heavy (non-hydrogen) atoms. The number of nitrogens with zero attached hydrogens (tertiary/aromatic N) is 1. The van der Waals surface area contributed by atoms with Crippen molar-refractivity contribution in [1.29, 1.82) is 0 Å². The molecule has 0 atom stereocenters. The number of carbonyl (C=O) groups is 2. The van der Waals surface area contributed by atoms with E-state index >= 15 is 0 Å². The normalized spacial score (nSPS) is 10.1. The summed E-state index contributed by atoms with van der Waals surface area (Å²) >= 11 is 0. The Morgan fingerprint density at radius 2 is 2.07 bits per heavy atom. The van der Waals surface area contributed by atoms with Gasteiger partial charge in [-0.05, 0) is 11.5 Å². The molecule has 2 rings (SSSR count). The Kier molecular flexibility index (Phi) is 2.54. The van der Waals surface area contributed by atoms with E-state index < -0.39 is 0 Å². The number of aromatic nitrogens is 1. The van der Waals surface area contributed by atoms with Gasteiger partial charge in [0.05, 0.1) is 6.42 Å². The predicted molar refractivity (Wildman–Crippen MR) is 56.8 cm³/mol. The summed E-state index contributed by atoms with van der Waals surface area (Å²) in [5.74, 6) is -0.234. The van der Waals surface area contributed by atoms with Crippen molar-refractivity contribution in [2.45, 2.75) is 6.42 Å². The van der Waals surface area contributed by atoms with Crippen LogP contribution in [0.15, 0.2) is 36.5 Å². The molecule has 0 fully saturated rings. The average Bonchev–Trinajstić information content (AvgIpc) is 2.28. The molecule has 0 saturated heterocycles. The summed E-state index contributed by atoms with van der Waals surface area (Å²) in [6.07, 6.45) is 2.08. The molecule has 0 unspecified atom stereocenters. The maximum Gasteiger partial charge on any atom is 0.188 e. The first-order valence-electron chi connectivity index (χ1n) is 4.63. The Morgan fingerprint density at radius 1 is 1.27 bits per heavy atom. The third kappa shape index (κ3) is 1.76. The molecule has 2 aromatic rings. The number of ketones is 1. The minimum atomic E-state index is -0.234. The highest BCUT2D eigenvalue weighted by molar-refractivity contribution is 6.09. The smallest absolute Gasteiger partial charge is 0.188 e. The monoisotopic (exact) mass is 199 g/mol. The Morgan fingerprint density at radius 3 is 2.87 bits per heavy atom. The van der Waals surface area contributed by atoms with E-state index in [1.807, 2.05) is 30.3 Å². The van der Waals surface area contributed by atoms with Gasteiger partial charge in [-0.1, -0.05) is 24.3 Å². The second kappa shape index (κ2) is 4.00. The third-order valence-electron chi connectivity index (χ3n) is 2.21. The van der Waals surface area contributed by atoms with E-state index in [-0.39, 0.29) is 12.2 Å². The summed E-state index contributed by atoms with van der Waals surface area (Å²) in [6, 6.07) is 9.33. The molecule has 1 heterocycles. The molecular formula is C12H9NO2. The van der Waals surface area contributed by atoms with Gasteiger partial charge in [-0.15, -0.1) is 0 Å². The van der Waals surface area contributed by atoms with Crippen molar-refractivity contribution in [2.75, 3.05) is 0 Å². The van der Waals surface area contributed by atoms with E-state index in [0.29, 0.717) is 12.0 Å². The first-order valence-corrected chi connectivity index (χ1v) is 4.63. The number of hydrogen-bond acceptors (Lipinski definition) is 3. The van der Waals surface area contributed by atoms with E-state index in [0.717, 1.165) is 10.8 Å². The van der Waals surface area contributed by atoms with E-state index in [4.69, 9.17) is 0 Å². The van der Waals surface area contributed by atoms with Gasteiger partial charge in [-0.2, -0.15) is 0 Å². The Balaban J connectivity index is 2.60. The van der Waals surface area contributed by atoms with Crippen LogP contribution in [-0.4, -0.2) is 17.1 Å². The molecule has 3 nitrogen and oxygen atoms in total. The molecule has 1 aromatic heterocycles. The second-order valence-electron chi connectivity index (χ2n) is 3.17. The molecule has 74 valence electrons. The molecule has 0 aliphatic rings. The first-order chi connectivity index (χ1) is 7.33. The molecule has 0 N–H and O–H groups in total. The van der Waals surface area contributed by atoms with E-state index in [1.54, 1.807) is 6.20 Å². The molecule has 0 bridgehead atoms. The summed E-state index contributed by atoms with van der Waals surface area (Å²) in [5, 5.41) is 1.76. The van der Waals surface area contributed by atoms with Gasteiger partial charge in [0.2, 0.25) is 0 Å². The zero-order valence-corrected chi connectivity index (χ0v) is 8.01. The first kappa shape index (κ1) is 9.52. The van der Waals surface area contributed by atoms with Crippen LogP contribution in [0.1, 0.15) is 16.9 Å². The number of fused-ring (bicyclic) bond motifs is 1. The molecule has 1 aromatic carbocycles. The molecular weight excluding hydrogens is 190 g/mol. The van der Waals surface area contributed by atoms with Crippen LogP contribution in [0.3, 0.4) is 0 Å². The highest BCUT2D eigenvalue weighted by Crippen LogP contribution is 2.17. The summed E-state index contributed by atoms with van der Waals surface area (Å²) in [5.41, 5.74) is 0.375. The molecule has 3 heteroatoms. The molecule has 0 spiro atoms. The number of aldehydes is 1. The lowest BCUT2D eigenvalue weighted by atomic mass is 10.1. The maximum absolute atomic E-state index is 11.6. The zero-order chi connectivity index (χ0) is 10.7. The number of rotatable bonds is 3. The van der Waals surface area contributed by atoms with Crippen LogP contribution in [0.4, 0.5) is 0 Å². The minimum Gasteiger partial charge on any atom is -0.303 e. The van der Waals surface area contributed by atoms with Crippen LogP contribution >= 0.6 is 0 Å². The van der Waals surface area contributed by atoms with Crippen molar-refractivity contribution in [1.82, 2.24) is 4.98 Å². The van der Waals surface area contributed by atoms with E-state index in [2.05, 4.69) is 4.98 Å². The summed E-state index contributed by atoms with van der Waals surface area (Å²) in [6.45, 7) is 0. The topological polar surface area (TPSA) is 47.0 Å². The predicted octanol–water partition coefficient (Wildman–Crippen LogP) is 2.01. The van der Waals surface area contributed by atoms with Gasteiger partial charge in [-0.25, -0.2) is 0 Å². The molecule has 0 aliphatic carbocycles. The van der Waals surface area contributed by atoms with Crippen LogP contribution in [0, 0.1) is 0 Å². The van der Waals surface area contributed by atoms with Gasteiger partial charge in [0.15, 0.2) is 5.78 Å². The number of benzene rings is 1. The second-order valence-corrected chi connectivity index (χ2v) is 3.17. The molecule has 0 aliphatic heterocycles. The largest absolute Gasteiger partial charge is 0.303 e. The van der Waals surface area contributed by atoms with Gasteiger partial charge >= 0.3 is 0 Å². The average molecular weight is 199 g/mol.